The Labute approximate surface area is 92.1 Å². The van der Waals surface area contributed by atoms with Crippen molar-refractivity contribution in [3.05, 3.63) is 55.1 Å². The number of imidazole rings is 1. The van der Waals surface area contributed by atoms with Crippen LogP contribution >= 0.6 is 0 Å². The minimum Gasteiger partial charge on any atom is -0.372 e. The second-order valence-electron chi connectivity index (χ2n) is 3.34. The first kappa shape index (κ1) is 8.91. The van der Waals surface area contributed by atoms with Crippen LogP contribution in [0.15, 0.2) is 55.1 Å². The fourth-order valence-electron chi connectivity index (χ4n) is 1.52. The maximum absolute atomic E-state index is 5.62. The molecule has 0 unspecified atom stereocenters. The summed E-state index contributed by atoms with van der Waals surface area (Å²) in [4.78, 5) is 13.8. The molecule has 0 amide bonds. The number of rotatable bonds is 2. The van der Waals surface area contributed by atoms with Crippen LogP contribution in [0.5, 0.6) is 5.75 Å². The van der Waals surface area contributed by atoms with Crippen LogP contribution in [-0.4, -0.2) is 14.7 Å². The van der Waals surface area contributed by atoms with Crippen LogP contribution in [0.3, 0.4) is 0 Å². The molecule has 0 aliphatic heterocycles. The summed E-state index contributed by atoms with van der Waals surface area (Å²) < 4.78 is 1.63. The van der Waals surface area contributed by atoms with E-state index in [1.54, 1.807) is 23.5 Å². The van der Waals surface area contributed by atoms with Crippen molar-refractivity contribution in [2.45, 2.75) is 0 Å². The average Bonchev–Trinajstić information content (AvgIpc) is 2.74. The molecule has 0 fully saturated rings. The summed E-state index contributed by atoms with van der Waals surface area (Å²) in [6.07, 6.45) is 5.02. The largest absolute Gasteiger partial charge is 0.372 e. The number of benzene rings is 1. The van der Waals surface area contributed by atoms with Crippen LogP contribution in [0.4, 0.5) is 0 Å². The van der Waals surface area contributed by atoms with Gasteiger partial charge in [0.1, 0.15) is 11.8 Å². The molecule has 3 rings (SSSR count). The van der Waals surface area contributed by atoms with Crippen LogP contribution in [0.1, 0.15) is 0 Å². The maximum Gasteiger partial charge on any atom is 0.174 e. The lowest BCUT2D eigenvalue weighted by molar-refractivity contribution is 0.226. The van der Waals surface area contributed by atoms with E-state index < -0.39 is 0 Å². The first-order chi connectivity index (χ1) is 7.93. The molecule has 2 aromatic heterocycles. The highest BCUT2D eigenvalue weighted by molar-refractivity contribution is 5.74. The average molecular weight is 211 g/mol. The molecule has 0 atom stereocenters. The molecule has 0 aliphatic rings. The van der Waals surface area contributed by atoms with Crippen molar-refractivity contribution in [1.82, 2.24) is 14.7 Å². The van der Waals surface area contributed by atoms with Gasteiger partial charge in [0, 0.05) is 6.20 Å². The molecule has 0 N–H and O–H groups in total. The second-order valence-corrected chi connectivity index (χ2v) is 3.34. The molecule has 1 aromatic carbocycles. The van der Waals surface area contributed by atoms with Gasteiger partial charge in [0.25, 0.3) is 0 Å². The number of fused-ring (bicyclic) bond motifs is 1. The maximum atomic E-state index is 5.62. The van der Waals surface area contributed by atoms with Gasteiger partial charge in [-0.05, 0) is 24.3 Å². The van der Waals surface area contributed by atoms with E-state index in [9.17, 15) is 0 Å². The Balaban J connectivity index is 2.01. The van der Waals surface area contributed by atoms with Crippen molar-refractivity contribution in [1.29, 1.82) is 0 Å². The third-order valence-corrected chi connectivity index (χ3v) is 2.26. The van der Waals surface area contributed by atoms with Crippen molar-refractivity contribution in [3.63, 3.8) is 0 Å². The molecule has 3 aromatic rings. The summed E-state index contributed by atoms with van der Waals surface area (Å²) in [6.45, 7) is 0. The van der Waals surface area contributed by atoms with Gasteiger partial charge in [0.05, 0.1) is 11.7 Å². The lowest BCUT2D eigenvalue weighted by Crippen LogP contribution is -2.02. The third-order valence-electron chi connectivity index (χ3n) is 2.26. The summed E-state index contributed by atoms with van der Waals surface area (Å²) in [5.41, 5.74) is 1.85. The number of para-hydroxylation sites is 2. The van der Waals surface area contributed by atoms with E-state index in [-0.39, 0.29) is 0 Å². The molecule has 78 valence electrons. The van der Waals surface area contributed by atoms with E-state index >= 15 is 0 Å². The predicted octanol–water partition coefficient (Wildman–Crippen LogP) is 2.27. The van der Waals surface area contributed by atoms with E-state index in [0.717, 1.165) is 11.0 Å². The predicted molar refractivity (Wildman–Crippen MR) is 60.0 cm³/mol. The number of pyridine rings is 1. The third kappa shape index (κ3) is 1.50. The Bertz CT molecular complexity index is 604. The number of hydrogen-bond acceptors (Lipinski definition) is 3. The summed E-state index contributed by atoms with van der Waals surface area (Å²) in [7, 11) is 0. The van der Waals surface area contributed by atoms with Gasteiger partial charge < -0.3 is 4.84 Å². The molecule has 0 radical (unpaired) electrons. The molecular formula is C12H9N3O. The normalized spacial score (nSPS) is 10.5. The van der Waals surface area contributed by atoms with Gasteiger partial charge in [-0.2, -0.15) is 4.73 Å². The van der Waals surface area contributed by atoms with Crippen LogP contribution < -0.4 is 4.84 Å². The molecule has 4 heteroatoms. The van der Waals surface area contributed by atoms with E-state index in [0.29, 0.717) is 5.75 Å². The summed E-state index contributed by atoms with van der Waals surface area (Å²) >= 11 is 0. The highest BCUT2D eigenvalue weighted by Gasteiger charge is 2.02. The Hall–Kier alpha value is -2.36. The van der Waals surface area contributed by atoms with E-state index in [4.69, 9.17) is 4.84 Å². The smallest absolute Gasteiger partial charge is 0.174 e. The molecule has 16 heavy (non-hydrogen) atoms. The quantitative estimate of drug-likeness (QED) is 0.652. The second kappa shape index (κ2) is 3.66. The van der Waals surface area contributed by atoms with Crippen LogP contribution in [0.2, 0.25) is 0 Å². The van der Waals surface area contributed by atoms with Crippen molar-refractivity contribution in [2.75, 3.05) is 0 Å². The lowest BCUT2D eigenvalue weighted by atomic mass is 10.3. The highest BCUT2D eigenvalue weighted by Crippen LogP contribution is 2.14. The number of hydrogen-bond donors (Lipinski definition) is 0. The van der Waals surface area contributed by atoms with Crippen LogP contribution in [0, 0.1) is 0 Å². The number of aromatic nitrogens is 3. The minimum absolute atomic E-state index is 0.686. The summed E-state index contributed by atoms with van der Waals surface area (Å²) in [6, 6.07) is 11.5. The standard InChI is InChI=1S/C12H9N3O/c1-2-6-12-11(5-1)14-9-15(12)16-10-4-3-7-13-8-10/h1-9H. The Morgan fingerprint density at radius 3 is 2.88 bits per heavy atom. The van der Waals surface area contributed by atoms with E-state index in [2.05, 4.69) is 9.97 Å². The van der Waals surface area contributed by atoms with Gasteiger partial charge in [0.15, 0.2) is 5.75 Å². The lowest BCUT2D eigenvalue weighted by Gasteiger charge is -2.05. The fourth-order valence-corrected chi connectivity index (χ4v) is 1.52. The van der Waals surface area contributed by atoms with Gasteiger partial charge >= 0.3 is 0 Å². The van der Waals surface area contributed by atoms with Crippen LogP contribution in [-0.2, 0) is 0 Å². The van der Waals surface area contributed by atoms with Gasteiger partial charge in [-0.15, -0.1) is 0 Å². The van der Waals surface area contributed by atoms with Gasteiger partial charge in [-0.3, -0.25) is 4.98 Å². The monoisotopic (exact) mass is 211 g/mol. The molecule has 2 heterocycles. The first-order valence-corrected chi connectivity index (χ1v) is 4.94. The van der Waals surface area contributed by atoms with Gasteiger partial charge in [-0.1, -0.05) is 12.1 Å². The highest BCUT2D eigenvalue weighted by atomic mass is 16.7. The fraction of sp³-hybridized carbons (Fsp3) is 0. The number of nitrogens with zero attached hydrogens (tertiary/aromatic N) is 3. The van der Waals surface area contributed by atoms with Crippen molar-refractivity contribution >= 4 is 11.0 Å². The summed E-state index contributed by atoms with van der Waals surface area (Å²) in [5, 5.41) is 0. The van der Waals surface area contributed by atoms with Gasteiger partial charge in [-0.25, -0.2) is 4.98 Å². The molecular weight excluding hydrogens is 202 g/mol. The SMILES string of the molecule is c1cncc(On2cnc3ccccc32)c1. The van der Waals surface area contributed by atoms with Crippen molar-refractivity contribution < 1.29 is 4.84 Å². The zero-order valence-corrected chi connectivity index (χ0v) is 8.45. The molecule has 0 aliphatic carbocycles. The van der Waals surface area contributed by atoms with Gasteiger partial charge in [0.2, 0.25) is 0 Å². The zero-order chi connectivity index (χ0) is 10.8. The summed E-state index contributed by atoms with van der Waals surface area (Å²) in [5.74, 6) is 0.686. The Morgan fingerprint density at radius 2 is 2.00 bits per heavy atom. The molecule has 4 nitrogen and oxygen atoms in total. The van der Waals surface area contributed by atoms with Crippen LogP contribution in [0.25, 0.3) is 11.0 Å². The van der Waals surface area contributed by atoms with Crippen molar-refractivity contribution in [3.8, 4) is 5.75 Å². The topological polar surface area (TPSA) is 39.9 Å². The first-order valence-electron chi connectivity index (χ1n) is 4.94. The molecule has 0 saturated carbocycles. The van der Waals surface area contributed by atoms with E-state index in [1.165, 1.54) is 0 Å². The Morgan fingerprint density at radius 1 is 1.06 bits per heavy atom. The molecule has 0 bridgehead atoms. The minimum atomic E-state index is 0.686. The van der Waals surface area contributed by atoms with E-state index in [1.807, 2.05) is 36.4 Å². The zero-order valence-electron chi connectivity index (χ0n) is 8.45. The molecule has 0 spiro atoms. The molecule has 0 saturated heterocycles. The van der Waals surface area contributed by atoms with Crippen molar-refractivity contribution in [2.24, 2.45) is 0 Å². The Kier molecular flexibility index (Phi) is 2.04.